The van der Waals surface area contributed by atoms with Gasteiger partial charge in [-0.2, -0.15) is 0 Å². The Labute approximate surface area is 133 Å². The van der Waals surface area contributed by atoms with Crippen LogP contribution < -0.4 is 5.73 Å². The topological polar surface area (TPSA) is 108 Å². The minimum Gasteiger partial charge on any atom is -0.393 e. The van der Waals surface area contributed by atoms with Crippen LogP contribution in [0.15, 0.2) is 12.7 Å². The maximum absolute atomic E-state index is 9.97. The third kappa shape index (κ3) is 1.92. The van der Waals surface area contributed by atoms with Crippen molar-refractivity contribution in [1.29, 1.82) is 0 Å². The number of aromatic nitrogens is 4. The molecule has 8 nitrogen and oxygen atoms in total. The summed E-state index contributed by atoms with van der Waals surface area (Å²) in [5.74, 6) is 0.406. The SMILES string of the molecule is CC(C)(C)C1[C@@H]2OC[C@]1(CO)O[C@H]2n1cnc2c(N)ncnc21. The summed E-state index contributed by atoms with van der Waals surface area (Å²) in [6, 6.07) is 0. The zero-order chi connectivity index (χ0) is 16.4. The van der Waals surface area contributed by atoms with Crippen molar-refractivity contribution in [2.75, 3.05) is 18.9 Å². The molecule has 124 valence electrons. The Balaban J connectivity index is 1.81. The number of nitrogen functional groups attached to an aromatic ring is 1. The Hall–Kier alpha value is -1.77. The molecular weight excluding hydrogens is 298 g/mol. The molecule has 0 spiro atoms. The number of rotatable bonds is 2. The molecule has 23 heavy (non-hydrogen) atoms. The molecule has 0 aliphatic carbocycles. The van der Waals surface area contributed by atoms with Gasteiger partial charge in [-0.05, 0) is 5.41 Å². The van der Waals surface area contributed by atoms with Crippen LogP contribution in [0.1, 0.15) is 27.0 Å². The van der Waals surface area contributed by atoms with Crippen LogP contribution in [0.3, 0.4) is 0 Å². The summed E-state index contributed by atoms with van der Waals surface area (Å²) in [7, 11) is 0. The highest BCUT2D eigenvalue weighted by Gasteiger charge is 2.65. The molecule has 2 aromatic heterocycles. The van der Waals surface area contributed by atoms with E-state index >= 15 is 0 Å². The maximum atomic E-state index is 9.97. The van der Waals surface area contributed by atoms with Crippen LogP contribution in [-0.4, -0.2) is 49.5 Å². The van der Waals surface area contributed by atoms with Crippen LogP contribution in [-0.2, 0) is 9.47 Å². The number of hydrogen-bond acceptors (Lipinski definition) is 7. The van der Waals surface area contributed by atoms with E-state index in [1.165, 1.54) is 6.33 Å². The second-order valence-corrected chi connectivity index (χ2v) is 7.43. The van der Waals surface area contributed by atoms with Gasteiger partial charge in [-0.3, -0.25) is 4.57 Å². The normalized spacial score (nSPS) is 33.7. The van der Waals surface area contributed by atoms with Gasteiger partial charge in [0.05, 0.1) is 19.5 Å². The fourth-order valence-electron chi connectivity index (χ4n) is 4.12. The molecule has 2 aliphatic rings. The Bertz CT molecular complexity index is 755. The average molecular weight is 319 g/mol. The number of nitrogens with two attached hydrogens (primary N) is 1. The largest absolute Gasteiger partial charge is 0.393 e. The number of fused-ring (bicyclic) bond motifs is 3. The summed E-state index contributed by atoms with van der Waals surface area (Å²) >= 11 is 0. The van der Waals surface area contributed by atoms with E-state index in [1.54, 1.807) is 6.33 Å². The number of nitrogens with zero attached hydrogens (tertiary/aromatic N) is 4. The van der Waals surface area contributed by atoms with Crippen molar-refractivity contribution in [1.82, 2.24) is 19.5 Å². The molecule has 8 heteroatoms. The van der Waals surface area contributed by atoms with Crippen molar-refractivity contribution in [2.24, 2.45) is 11.3 Å². The number of anilines is 1. The molecule has 1 unspecified atom stereocenters. The molecule has 0 amide bonds. The molecule has 4 rings (SSSR count). The highest BCUT2D eigenvalue weighted by atomic mass is 16.6. The van der Waals surface area contributed by atoms with E-state index in [0.717, 1.165) is 0 Å². The summed E-state index contributed by atoms with van der Waals surface area (Å²) in [5, 5.41) is 9.97. The van der Waals surface area contributed by atoms with Gasteiger partial charge in [0.2, 0.25) is 0 Å². The van der Waals surface area contributed by atoms with Crippen LogP contribution in [0.4, 0.5) is 5.82 Å². The molecule has 4 atom stereocenters. The molecule has 4 heterocycles. The number of aliphatic hydroxyl groups excluding tert-OH is 1. The van der Waals surface area contributed by atoms with Gasteiger partial charge in [0.15, 0.2) is 17.7 Å². The lowest BCUT2D eigenvalue weighted by atomic mass is 9.71. The van der Waals surface area contributed by atoms with Gasteiger partial charge in [-0.1, -0.05) is 20.8 Å². The van der Waals surface area contributed by atoms with Gasteiger partial charge in [0.25, 0.3) is 0 Å². The van der Waals surface area contributed by atoms with Crippen LogP contribution in [0, 0.1) is 11.3 Å². The molecule has 2 aromatic rings. The van der Waals surface area contributed by atoms with Gasteiger partial charge in [-0.25, -0.2) is 15.0 Å². The van der Waals surface area contributed by atoms with E-state index < -0.39 is 5.60 Å². The summed E-state index contributed by atoms with van der Waals surface area (Å²) in [6.45, 7) is 6.74. The number of aliphatic hydroxyl groups is 1. The molecule has 2 fully saturated rings. The van der Waals surface area contributed by atoms with E-state index in [0.29, 0.717) is 23.6 Å². The van der Waals surface area contributed by atoms with Crippen LogP contribution in [0.5, 0.6) is 0 Å². The lowest BCUT2D eigenvalue weighted by molar-refractivity contribution is -0.185. The number of imidazole rings is 1. The van der Waals surface area contributed by atoms with Crippen molar-refractivity contribution in [3.05, 3.63) is 12.7 Å². The minimum absolute atomic E-state index is 0.0664. The smallest absolute Gasteiger partial charge is 0.167 e. The molecule has 2 saturated heterocycles. The van der Waals surface area contributed by atoms with Gasteiger partial charge in [0.1, 0.15) is 23.5 Å². The zero-order valence-electron chi connectivity index (χ0n) is 13.4. The van der Waals surface area contributed by atoms with Crippen molar-refractivity contribution in [3.8, 4) is 0 Å². The molecule has 3 N–H and O–H groups in total. The zero-order valence-corrected chi connectivity index (χ0v) is 13.4. The predicted molar refractivity (Wildman–Crippen MR) is 82.4 cm³/mol. The summed E-state index contributed by atoms with van der Waals surface area (Å²) in [6.07, 6.45) is 2.50. The van der Waals surface area contributed by atoms with Crippen molar-refractivity contribution < 1.29 is 14.6 Å². The summed E-state index contributed by atoms with van der Waals surface area (Å²) < 4.78 is 14.1. The first-order chi connectivity index (χ1) is 10.9. The Morgan fingerprint density at radius 3 is 2.83 bits per heavy atom. The lowest BCUT2D eigenvalue weighted by Gasteiger charge is -2.35. The second kappa shape index (κ2) is 4.62. The standard InChI is InChI=1S/C15H21N5O3/c1-14(2,3)10-9-13(23-15(10,4-21)5-22-9)20-7-19-8-11(16)17-6-18-12(8)20/h6-7,9-10,13,21H,4-5H2,1-3H3,(H2,16,17,18)/t9-,10?,13+,15-/m0/s1. The molecular formula is C15H21N5O3. The van der Waals surface area contributed by atoms with E-state index in [4.69, 9.17) is 15.2 Å². The summed E-state index contributed by atoms with van der Waals surface area (Å²) in [5.41, 5.74) is 6.25. The first kappa shape index (κ1) is 14.8. The van der Waals surface area contributed by atoms with Gasteiger partial charge in [-0.15, -0.1) is 0 Å². The van der Waals surface area contributed by atoms with Gasteiger partial charge >= 0.3 is 0 Å². The Morgan fingerprint density at radius 2 is 2.17 bits per heavy atom. The third-order valence-electron chi connectivity index (χ3n) is 4.91. The first-order valence-corrected chi connectivity index (χ1v) is 7.71. The monoisotopic (exact) mass is 319 g/mol. The molecule has 0 radical (unpaired) electrons. The van der Waals surface area contributed by atoms with Crippen LogP contribution >= 0.6 is 0 Å². The quantitative estimate of drug-likeness (QED) is 0.840. The average Bonchev–Trinajstić information content (AvgIpc) is 3.16. The van der Waals surface area contributed by atoms with Crippen molar-refractivity contribution >= 4 is 17.0 Å². The predicted octanol–water partition coefficient (Wildman–Crippen LogP) is 0.729. The van der Waals surface area contributed by atoms with E-state index in [1.807, 2.05) is 4.57 Å². The van der Waals surface area contributed by atoms with Crippen LogP contribution in [0.25, 0.3) is 11.2 Å². The number of ether oxygens (including phenoxy) is 2. The van der Waals surface area contributed by atoms with E-state index in [-0.39, 0.29) is 30.3 Å². The second-order valence-electron chi connectivity index (χ2n) is 7.43. The fraction of sp³-hybridized carbons (Fsp3) is 0.667. The van der Waals surface area contributed by atoms with Gasteiger partial charge in [0, 0.05) is 5.92 Å². The molecule has 0 aromatic carbocycles. The molecule has 2 bridgehead atoms. The minimum atomic E-state index is -0.692. The van der Waals surface area contributed by atoms with Gasteiger partial charge < -0.3 is 20.3 Å². The van der Waals surface area contributed by atoms with Crippen molar-refractivity contribution in [3.63, 3.8) is 0 Å². The molecule has 2 aliphatic heterocycles. The van der Waals surface area contributed by atoms with Crippen molar-refractivity contribution in [2.45, 2.75) is 38.7 Å². The number of hydrogen-bond donors (Lipinski definition) is 2. The van der Waals surface area contributed by atoms with E-state index in [2.05, 4.69) is 35.7 Å². The van der Waals surface area contributed by atoms with E-state index in [9.17, 15) is 5.11 Å². The highest BCUT2D eigenvalue weighted by molar-refractivity contribution is 5.81. The summed E-state index contributed by atoms with van der Waals surface area (Å²) in [4.78, 5) is 12.5. The first-order valence-electron chi connectivity index (χ1n) is 7.71. The van der Waals surface area contributed by atoms with Crippen LogP contribution in [0.2, 0.25) is 0 Å². The Kier molecular flexibility index (Phi) is 2.97. The fourth-order valence-corrected chi connectivity index (χ4v) is 4.12. The maximum Gasteiger partial charge on any atom is 0.167 e. The molecule has 0 saturated carbocycles. The Morgan fingerprint density at radius 1 is 1.39 bits per heavy atom. The highest BCUT2D eigenvalue weighted by Crippen LogP contribution is 2.55. The lowest BCUT2D eigenvalue weighted by Crippen LogP contribution is -2.45. The third-order valence-corrected chi connectivity index (χ3v) is 4.91.